The van der Waals surface area contributed by atoms with E-state index < -0.39 is 0 Å². The molecule has 0 aromatic heterocycles. The molecule has 0 aliphatic carbocycles. The summed E-state index contributed by atoms with van der Waals surface area (Å²) >= 11 is 0. The Hall–Kier alpha value is -1.09. The van der Waals surface area contributed by atoms with E-state index in [9.17, 15) is 4.39 Å². The molecular formula is C14H21FN2. The molecular weight excluding hydrogens is 215 g/mol. The Kier molecular flexibility index (Phi) is 3.67. The van der Waals surface area contributed by atoms with Gasteiger partial charge in [0, 0.05) is 18.6 Å². The van der Waals surface area contributed by atoms with Crippen LogP contribution in [0.4, 0.5) is 10.1 Å². The maximum absolute atomic E-state index is 13.7. The molecule has 0 amide bonds. The fraction of sp³-hybridized carbons (Fsp3) is 0.571. The lowest BCUT2D eigenvalue weighted by Gasteiger charge is -2.36. The van der Waals surface area contributed by atoms with E-state index in [1.165, 1.54) is 6.07 Å². The number of anilines is 1. The fourth-order valence-corrected chi connectivity index (χ4v) is 2.44. The van der Waals surface area contributed by atoms with Crippen molar-refractivity contribution in [3.8, 4) is 0 Å². The van der Waals surface area contributed by atoms with E-state index in [0.717, 1.165) is 24.9 Å². The number of benzene rings is 1. The van der Waals surface area contributed by atoms with Crippen molar-refractivity contribution in [3.05, 3.63) is 29.6 Å². The highest BCUT2D eigenvalue weighted by Crippen LogP contribution is 2.24. The molecule has 0 bridgehead atoms. The Bertz CT molecular complexity index is 372. The number of nitrogens with zero attached hydrogens (tertiary/aromatic N) is 1. The molecule has 0 radical (unpaired) electrons. The third-order valence-electron chi connectivity index (χ3n) is 3.78. The average Bonchev–Trinajstić information content (AvgIpc) is 2.28. The first kappa shape index (κ1) is 12.4. The van der Waals surface area contributed by atoms with Gasteiger partial charge in [0.25, 0.3) is 0 Å². The van der Waals surface area contributed by atoms with Crippen molar-refractivity contribution in [2.24, 2.45) is 0 Å². The van der Waals surface area contributed by atoms with E-state index in [1.54, 1.807) is 6.07 Å². The van der Waals surface area contributed by atoms with Crippen molar-refractivity contribution in [2.45, 2.75) is 38.8 Å². The predicted molar refractivity (Wildman–Crippen MR) is 69.9 cm³/mol. The molecule has 1 saturated heterocycles. The van der Waals surface area contributed by atoms with Crippen LogP contribution in [0.15, 0.2) is 18.2 Å². The van der Waals surface area contributed by atoms with Crippen LogP contribution in [0.2, 0.25) is 0 Å². The highest BCUT2D eigenvalue weighted by Gasteiger charge is 2.23. The molecule has 17 heavy (non-hydrogen) atoms. The molecule has 1 aliphatic heterocycles. The smallest absolute Gasteiger partial charge is 0.146 e. The number of halogens is 1. The molecule has 1 N–H and O–H groups in total. The SMILES string of the molecule is Cc1cccc(F)c1NC1CCN(C)C(C)C1. The van der Waals surface area contributed by atoms with Crippen LogP contribution in [-0.2, 0) is 0 Å². The van der Waals surface area contributed by atoms with Crippen LogP contribution >= 0.6 is 0 Å². The van der Waals surface area contributed by atoms with Gasteiger partial charge in [-0.1, -0.05) is 12.1 Å². The molecule has 2 rings (SSSR count). The zero-order valence-electron chi connectivity index (χ0n) is 10.8. The number of piperidine rings is 1. The normalized spacial score (nSPS) is 25.9. The predicted octanol–water partition coefficient (Wildman–Crippen LogP) is 3.03. The summed E-state index contributed by atoms with van der Waals surface area (Å²) in [6.45, 7) is 5.25. The Labute approximate surface area is 103 Å². The van der Waals surface area contributed by atoms with E-state index >= 15 is 0 Å². The summed E-state index contributed by atoms with van der Waals surface area (Å²) < 4.78 is 13.7. The number of aryl methyl sites for hydroxylation is 1. The van der Waals surface area contributed by atoms with Crippen LogP contribution < -0.4 is 5.32 Å². The van der Waals surface area contributed by atoms with Gasteiger partial charge in [-0.2, -0.15) is 0 Å². The molecule has 0 saturated carbocycles. The third-order valence-corrected chi connectivity index (χ3v) is 3.78. The average molecular weight is 236 g/mol. The van der Waals surface area contributed by atoms with Gasteiger partial charge in [-0.25, -0.2) is 4.39 Å². The van der Waals surface area contributed by atoms with Gasteiger partial charge in [0.2, 0.25) is 0 Å². The number of hydrogen-bond donors (Lipinski definition) is 1. The van der Waals surface area contributed by atoms with Gasteiger partial charge in [-0.15, -0.1) is 0 Å². The maximum atomic E-state index is 13.7. The second-order valence-corrected chi connectivity index (χ2v) is 5.13. The Morgan fingerprint density at radius 2 is 2.18 bits per heavy atom. The van der Waals surface area contributed by atoms with Crippen molar-refractivity contribution < 1.29 is 4.39 Å². The van der Waals surface area contributed by atoms with Crippen molar-refractivity contribution in [2.75, 3.05) is 18.9 Å². The number of para-hydroxylation sites is 1. The molecule has 2 atom stereocenters. The van der Waals surface area contributed by atoms with Crippen molar-refractivity contribution in [3.63, 3.8) is 0 Å². The highest BCUT2D eigenvalue weighted by molar-refractivity contribution is 5.52. The molecule has 1 fully saturated rings. The minimum atomic E-state index is -0.142. The van der Waals surface area contributed by atoms with Crippen LogP contribution in [0.1, 0.15) is 25.3 Å². The van der Waals surface area contributed by atoms with Crippen LogP contribution in [-0.4, -0.2) is 30.6 Å². The minimum absolute atomic E-state index is 0.142. The lowest BCUT2D eigenvalue weighted by atomic mass is 9.98. The Balaban J connectivity index is 2.06. The molecule has 3 heteroatoms. The molecule has 0 spiro atoms. The van der Waals surface area contributed by atoms with Crippen LogP contribution in [0.5, 0.6) is 0 Å². The first-order valence-electron chi connectivity index (χ1n) is 6.30. The zero-order valence-corrected chi connectivity index (χ0v) is 10.8. The highest BCUT2D eigenvalue weighted by atomic mass is 19.1. The van der Waals surface area contributed by atoms with E-state index in [1.807, 2.05) is 13.0 Å². The van der Waals surface area contributed by atoms with E-state index in [-0.39, 0.29) is 5.82 Å². The molecule has 1 aliphatic rings. The van der Waals surface area contributed by atoms with Crippen LogP contribution in [0, 0.1) is 12.7 Å². The summed E-state index contributed by atoms with van der Waals surface area (Å²) in [4.78, 5) is 2.35. The monoisotopic (exact) mass is 236 g/mol. The molecule has 1 aromatic carbocycles. The molecule has 1 aromatic rings. The minimum Gasteiger partial charge on any atom is -0.380 e. The number of hydrogen-bond acceptors (Lipinski definition) is 2. The van der Waals surface area contributed by atoms with Crippen molar-refractivity contribution in [1.29, 1.82) is 0 Å². The maximum Gasteiger partial charge on any atom is 0.146 e. The standard InChI is InChI=1S/C14H21FN2/c1-10-5-4-6-13(15)14(10)16-12-7-8-17(3)11(2)9-12/h4-6,11-12,16H,7-9H2,1-3H3. The molecule has 1 heterocycles. The summed E-state index contributed by atoms with van der Waals surface area (Å²) in [5.41, 5.74) is 1.66. The summed E-state index contributed by atoms with van der Waals surface area (Å²) in [5.74, 6) is -0.142. The van der Waals surface area contributed by atoms with Gasteiger partial charge in [-0.05, 0) is 45.4 Å². The number of nitrogens with one attached hydrogen (secondary N) is 1. The van der Waals surface area contributed by atoms with E-state index in [4.69, 9.17) is 0 Å². The van der Waals surface area contributed by atoms with Gasteiger partial charge >= 0.3 is 0 Å². The first-order chi connectivity index (χ1) is 8.08. The third kappa shape index (κ3) is 2.78. The van der Waals surface area contributed by atoms with Crippen LogP contribution in [0.3, 0.4) is 0 Å². The van der Waals surface area contributed by atoms with Gasteiger partial charge in [0.1, 0.15) is 5.82 Å². The summed E-state index contributed by atoms with van der Waals surface area (Å²) in [6, 6.07) is 6.18. The summed E-state index contributed by atoms with van der Waals surface area (Å²) in [5, 5.41) is 3.37. The van der Waals surface area contributed by atoms with Gasteiger partial charge in [0.15, 0.2) is 0 Å². The summed E-state index contributed by atoms with van der Waals surface area (Å²) in [6.07, 6.45) is 2.15. The van der Waals surface area contributed by atoms with E-state index in [0.29, 0.717) is 17.8 Å². The largest absolute Gasteiger partial charge is 0.380 e. The second-order valence-electron chi connectivity index (χ2n) is 5.13. The van der Waals surface area contributed by atoms with Crippen molar-refractivity contribution in [1.82, 2.24) is 4.90 Å². The van der Waals surface area contributed by atoms with E-state index in [2.05, 4.69) is 24.2 Å². The summed E-state index contributed by atoms with van der Waals surface area (Å²) in [7, 11) is 2.15. The fourth-order valence-electron chi connectivity index (χ4n) is 2.44. The van der Waals surface area contributed by atoms with Gasteiger partial charge in [-0.3, -0.25) is 0 Å². The first-order valence-corrected chi connectivity index (χ1v) is 6.30. The molecule has 2 nitrogen and oxygen atoms in total. The van der Waals surface area contributed by atoms with Gasteiger partial charge in [0.05, 0.1) is 5.69 Å². The number of likely N-dealkylation sites (tertiary alicyclic amines) is 1. The molecule has 2 unspecified atom stereocenters. The second kappa shape index (κ2) is 5.05. The lowest BCUT2D eigenvalue weighted by Crippen LogP contribution is -2.42. The Morgan fingerprint density at radius 1 is 1.41 bits per heavy atom. The zero-order chi connectivity index (χ0) is 12.4. The molecule has 94 valence electrons. The quantitative estimate of drug-likeness (QED) is 0.849. The number of rotatable bonds is 2. The topological polar surface area (TPSA) is 15.3 Å². The van der Waals surface area contributed by atoms with Crippen molar-refractivity contribution >= 4 is 5.69 Å². The lowest BCUT2D eigenvalue weighted by molar-refractivity contribution is 0.190. The van der Waals surface area contributed by atoms with Gasteiger partial charge < -0.3 is 10.2 Å². The Morgan fingerprint density at radius 3 is 2.82 bits per heavy atom. The van der Waals surface area contributed by atoms with Crippen LogP contribution in [0.25, 0.3) is 0 Å².